The van der Waals surface area contributed by atoms with Crippen molar-refractivity contribution >= 4 is 15.9 Å². The Hall–Kier alpha value is -0.540. The molecule has 3 heteroatoms. The smallest absolute Gasteiger partial charge is 0.133 e. The van der Waals surface area contributed by atoms with Gasteiger partial charge >= 0.3 is 0 Å². The Morgan fingerprint density at radius 3 is 2.14 bits per heavy atom. The van der Waals surface area contributed by atoms with E-state index in [0.29, 0.717) is 6.42 Å². The molecular formula is C18H27BrO2. The molecule has 2 nitrogen and oxygen atoms in total. The van der Waals surface area contributed by atoms with Crippen molar-refractivity contribution in [2.24, 2.45) is 10.8 Å². The van der Waals surface area contributed by atoms with Crippen LogP contribution >= 0.6 is 15.9 Å². The van der Waals surface area contributed by atoms with Crippen molar-refractivity contribution in [3.63, 3.8) is 0 Å². The van der Waals surface area contributed by atoms with Gasteiger partial charge in [0.2, 0.25) is 0 Å². The zero-order valence-corrected chi connectivity index (χ0v) is 15.4. The van der Waals surface area contributed by atoms with E-state index in [1.54, 1.807) is 7.11 Å². The van der Waals surface area contributed by atoms with E-state index in [1.165, 1.54) is 0 Å². The Morgan fingerprint density at radius 2 is 1.67 bits per heavy atom. The van der Waals surface area contributed by atoms with Crippen LogP contribution in [0.3, 0.4) is 0 Å². The van der Waals surface area contributed by atoms with Crippen molar-refractivity contribution in [1.29, 1.82) is 0 Å². The van der Waals surface area contributed by atoms with Crippen molar-refractivity contribution in [2.75, 3.05) is 7.11 Å². The summed E-state index contributed by atoms with van der Waals surface area (Å²) in [5.74, 6) is 0.829. The predicted molar refractivity (Wildman–Crippen MR) is 90.8 cm³/mol. The maximum absolute atomic E-state index is 11.2. The van der Waals surface area contributed by atoms with E-state index in [4.69, 9.17) is 4.74 Å². The molecular weight excluding hydrogens is 328 g/mol. The second-order valence-corrected chi connectivity index (χ2v) is 9.08. The van der Waals surface area contributed by atoms with Crippen LogP contribution < -0.4 is 4.74 Å². The van der Waals surface area contributed by atoms with Gasteiger partial charge in [-0.25, -0.2) is 0 Å². The van der Waals surface area contributed by atoms with Crippen molar-refractivity contribution in [1.82, 2.24) is 0 Å². The van der Waals surface area contributed by atoms with Gasteiger partial charge in [0.15, 0.2) is 0 Å². The molecule has 1 aromatic rings. The first-order valence-electron chi connectivity index (χ1n) is 7.59. The molecule has 0 saturated heterocycles. The SMILES string of the molecule is COc1ccc(CC2(O)CC(C)(C)CC(C)(C)C2)cc1Br. The zero-order chi connectivity index (χ0) is 15.9. The summed E-state index contributed by atoms with van der Waals surface area (Å²) in [6.07, 6.45) is 3.57. The first-order valence-corrected chi connectivity index (χ1v) is 8.38. The lowest BCUT2D eigenvalue weighted by atomic mass is 9.58. The summed E-state index contributed by atoms with van der Waals surface area (Å²) >= 11 is 3.53. The van der Waals surface area contributed by atoms with Gasteiger partial charge in [-0.3, -0.25) is 0 Å². The molecule has 0 heterocycles. The van der Waals surface area contributed by atoms with E-state index in [1.807, 2.05) is 6.07 Å². The molecule has 0 aliphatic heterocycles. The largest absolute Gasteiger partial charge is 0.496 e. The highest BCUT2D eigenvalue weighted by Crippen LogP contribution is 2.51. The highest BCUT2D eigenvalue weighted by Gasteiger charge is 2.46. The average Bonchev–Trinajstić information content (AvgIpc) is 2.23. The fourth-order valence-corrected chi connectivity index (χ4v) is 5.18. The fourth-order valence-electron chi connectivity index (χ4n) is 4.59. The number of methoxy groups -OCH3 is 1. The third-order valence-electron chi connectivity index (χ3n) is 4.32. The van der Waals surface area contributed by atoms with Gasteiger partial charge < -0.3 is 9.84 Å². The third-order valence-corrected chi connectivity index (χ3v) is 4.94. The van der Waals surface area contributed by atoms with Crippen LogP contribution in [-0.4, -0.2) is 17.8 Å². The van der Waals surface area contributed by atoms with Gasteiger partial charge in [-0.15, -0.1) is 0 Å². The molecule has 1 fully saturated rings. The van der Waals surface area contributed by atoms with Crippen LogP contribution in [0.25, 0.3) is 0 Å². The minimum absolute atomic E-state index is 0.181. The molecule has 0 unspecified atom stereocenters. The molecule has 1 aliphatic rings. The lowest BCUT2D eigenvalue weighted by molar-refractivity contribution is -0.0851. The summed E-state index contributed by atoms with van der Waals surface area (Å²) in [6, 6.07) is 6.07. The number of ether oxygens (including phenoxy) is 1. The predicted octanol–water partition coefficient (Wildman–Crippen LogP) is 4.97. The molecule has 0 atom stereocenters. The second kappa shape index (κ2) is 5.58. The van der Waals surface area contributed by atoms with Crippen LogP contribution in [0.15, 0.2) is 22.7 Å². The lowest BCUT2D eigenvalue weighted by Gasteiger charge is -2.49. The summed E-state index contributed by atoms with van der Waals surface area (Å²) in [7, 11) is 1.67. The van der Waals surface area contributed by atoms with Crippen LogP contribution in [0.1, 0.15) is 52.5 Å². The summed E-state index contributed by atoms with van der Waals surface area (Å²) in [5.41, 5.74) is 0.887. The Morgan fingerprint density at radius 1 is 1.10 bits per heavy atom. The maximum Gasteiger partial charge on any atom is 0.133 e. The van der Waals surface area contributed by atoms with E-state index in [-0.39, 0.29) is 10.8 Å². The van der Waals surface area contributed by atoms with Gasteiger partial charge in [0.05, 0.1) is 17.2 Å². The number of halogens is 1. The maximum atomic E-state index is 11.2. The molecule has 1 saturated carbocycles. The molecule has 21 heavy (non-hydrogen) atoms. The minimum Gasteiger partial charge on any atom is -0.496 e. The number of rotatable bonds is 3. The van der Waals surface area contributed by atoms with Crippen molar-refractivity contribution in [3.05, 3.63) is 28.2 Å². The van der Waals surface area contributed by atoms with Gasteiger partial charge in [0.1, 0.15) is 5.75 Å². The van der Waals surface area contributed by atoms with Crippen LogP contribution in [-0.2, 0) is 6.42 Å². The quantitative estimate of drug-likeness (QED) is 0.830. The summed E-state index contributed by atoms with van der Waals surface area (Å²) in [5, 5.41) is 11.2. The zero-order valence-electron chi connectivity index (χ0n) is 13.8. The third kappa shape index (κ3) is 4.23. The van der Waals surface area contributed by atoms with Crippen LogP contribution in [0.5, 0.6) is 5.75 Å². The van der Waals surface area contributed by atoms with Crippen LogP contribution in [0.2, 0.25) is 0 Å². The number of hydrogen-bond donors (Lipinski definition) is 1. The van der Waals surface area contributed by atoms with E-state index < -0.39 is 5.60 Å². The minimum atomic E-state index is -0.626. The Bertz CT molecular complexity index is 504. The van der Waals surface area contributed by atoms with Gasteiger partial charge in [0.25, 0.3) is 0 Å². The second-order valence-electron chi connectivity index (χ2n) is 8.23. The van der Waals surface area contributed by atoms with Crippen LogP contribution in [0.4, 0.5) is 0 Å². The molecule has 1 aromatic carbocycles. The molecule has 118 valence electrons. The summed E-state index contributed by atoms with van der Waals surface area (Å²) in [4.78, 5) is 0. The fraction of sp³-hybridized carbons (Fsp3) is 0.667. The standard InChI is InChI=1S/C18H27BrO2/c1-16(2)10-17(3,4)12-18(20,11-16)9-13-6-7-15(21-5)14(19)8-13/h6-8,20H,9-12H2,1-5H3. The van der Waals surface area contributed by atoms with Gasteiger partial charge in [-0.05, 0) is 63.7 Å². The topological polar surface area (TPSA) is 29.5 Å². The first kappa shape index (κ1) is 16.8. The van der Waals surface area contributed by atoms with E-state index >= 15 is 0 Å². The normalized spacial score (nSPS) is 22.8. The monoisotopic (exact) mass is 354 g/mol. The van der Waals surface area contributed by atoms with Crippen molar-refractivity contribution in [2.45, 2.75) is 59.0 Å². The van der Waals surface area contributed by atoms with E-state index in [0.717, 1.165) is 35.0 Å². The number of aliphatic hydroxyl groups is 1. The molecule has 0 amide bonds. The molecule has 0 radical (unpaired) electrons. The van der Waals surface area contributed by atoms with E-state index in [9.17, 15) is 5.11 Å². The van der Waals surface area contributed by atoms with Gasteiger partial charge in [-0.2, -0.15) is 0 Å². The summed E-state index contributed by atoms with van der Waals surface area (Å²) in [6.45, 7) is 9.07. The van der Waals surface area contributed by atoms with Gasteiger partial charge in [-0.1, -0.05) is 33.8 Å². The average molecular weight is 355 g/mol. The lowest BCUT2D eigenvalue weighted by Crippen LogP contribution is -2.47. The molecule has 0 spiro atoms. The highest BCUT2D eigenvalue weighted by molar-refractivity contribution is 9.10. The number of hydrogen-bond acceptors (Lipinski definition) is 2. The highest BCUT2D eigenvalue weighted by atomic mass is 79.9. The Labute approximate surface area is 137 Å². The Balaban J connectivity index is 2.22. The molecule has 0 aromatic heterocycles. The van der Waals surface area contributed by atoms with Crippen molar-refractivity contribution in [3.8, 4) is 5.75 Å². The van der Waals surface area contributed by atoms with E-state index in [2.05, 4.69) is 55.8 Å². The summed E-state index contributed by atoms with van der Waals surface area (Å²) < 4.78 is 6.22. The molecule has 0 bridgehead atoms. The molecule has 2 rings (SSSR count). The molecule has 1 N–H and O–H groups in total. The van der Waals surface area contributed by atoms with Crippen LogP contribution in [0, 0.1) is 10.8 Å². The first-order chi connectivity index (χ1) is 9.54. The number of benzene rings is 1. The Kier molecular flexibility index (Phi) is 4.47. The van der Waals surface area contributed by atoms with Gasteiger partial charge in [0, 0.05) is 6.42 Å². The molecule has 1 aliphatic carbocycles. The van der Waals surface area contributed by atoms with Crippen molar-refractivity contribution < 1.29 is 9.84 Å².